The highest BCUT2D eigenvalue weighted by Crippen LogP contribution is 2.19. The van der Waals surface area contributed by atoms with Crippen LogP contribution in [-0.4, -0.2) is 29.0 Å². The van der Waals surface area contributed by atoms with Crippen LogP contribution in [0.4, 0.5) is 0 Å². The van der Waals surface area contributed by atoms with Gasteiger partial charge in [0.05, 0.1) is 24.7 Å². The van der Waals surface area contributed by atoms with Crippen LogP contribution in [0.15, 0.2) is 48.5 Å². The van der Waals surface area contributed by atoms with Crippen molar-refractivity contribution >= 4 is 11.0 Å². The molecule has 1 aromatic heterocycles. The Morgan fingerprint density at radius 1 is 1.05 bits per heavy atom. The van der Waals surface area contributed by atoms with Gasteiger partial charge in [0, 0.05) is 12.1 Å². The van der Waals surface area contributed by atoms with Crippen LogP contribution >= 0.6 is 0 Å². The number of ether oxygens (including phenoxy) is 1. The fraction of sp³-hybridized carbons (Fsp3) is 0.235. The van der Waals surface area contributed by atoms with Crippen LogP contribution in [0.2, 0.25) is 0 Å². The number of imidazole rings is 1. The summed E-state index contributed by atoms with van der Waals surface area (Å²) in [5.74, 6) is 1.91. The molecule has 0 saturated carbocycles. The molecule has 0 spiro atoms. The molecule has 0 amide bonds. The first-order valence-corrected chi connectivity index (χ1v) is 7.00. The molecule has 3 rings (SSSR count). The van der Waals surface area contributed by atoms with E-state index in [2.05, 4.69) is 28.0 Å². The third-order valence-corrected chi connectivity index (χ3v) is 3.49. The van der Waals surface area contributed by atoms with E-state index < -0.39 is 0 Å². The predicted molar refractivity (Wildman–Crippen MR) is 84.3 cm³/mol. The summed E-state index contributed by atoms with van der Waals surface area (Å²) in [6, 6.07) is 16.2. The minimum atomic E-state index is 0.771. The summed E-state index contributed by atoms with van der Waals surface area (Å²) in [7, 11) is 3.79. The Labute approximate surface area is 124 Å². The molecule has 0 aliphatic carbocycles. The van der Waals surface area contributed by atoms with Crippen LogP contribution in [0.1, 0.15) is 11.4 Å². The van der Waals surface area contributed by atoms with Gasteiger partial charge in [-0.25, -0.2) is 4.98 Å². The van der Waals surface area contributed by atoms with Crippen molar-refractivity contribution in [3.8, 4) is 5.75 Å². The maximum Gasteiger partial charge on any atom is 0.123 e. The smallest absolute Gasteiger partial charge is 0.123 e. The molecule has 0 bridgehead atoms. The Balaban J connectivity index is 1.72. The Morgan fingerprint density at radius 2 is 1.81 bits per heavy atom. The minimum absolute atomic E-state index is 0.771. The second kappa shape index (κ2) is 5.97. The van der Waals surface area contributed by atoms with Crippen LogP contribution in [0.5, 0.6) is 5.75 Å². The van der Waals surface area contributed by atoms with E-state index >= 15 is 0 Å². The molecule has 0 unspecified atom stereocenters. The summed E-state index contributed by atoms with van der Waals surface area (Å²) >= 11 is 0. The lowest BCUT2D eigenvalue weighted by molar-refractivity contribution is 0.304. The maximum atomic E-state index is 5.39. The standard InChI is InChI=1S/C17H19N3O/c1-20(11-13-7-3-6-10-16(13)21-2)12-17-18-14-8-4-5-9-15(14)19-17/h3-10H,11-12H2,1-2H3,(H,18,19). The van der Waals surface area contributed by atoms with Crippen LogP contribution < -0.4 is 4.74 Å². The van der Waals surface area contributed by atoms with Gasteiger partial charge in [-0.1, -0.05) is 30.3 Å². The van der Waals surface area contributed by atoms with Gasteiger partial charge in [0.15, 0.2) is 0 Å². The zero-order valence-corrected chi connectivity index (χ0v) is 12.3. The van der Waals surface area contributed by atoms with E-state index in [0.29, 0.717) is 0 Å². The zero-order chi connectivity index (χ0) is 14.7. The highest BCUT2D eigenvalue weighted by Gasteiger charge is 2.08. The monoisotopic (exact) mass is 281 g/mol. The highest BCUT2D eigenvalue weighted by atomic mass is 16.5. The first-order chi connectivity index (χ1) is 10.3. The normalized spacial score (nSPS) is 11.2. The van der Waals surface area contributed by atoms with Gasteiger partial charge < -0.3 is 9.72 Å². The summed E-state index contributed by atoms with van der Waals surface area (Å²) in [5.41, 5.74) is 3.27. The van der Waals surface area contributed by atoms with Gasteiger partial charge in [-0.05, 0) is 25.2 Å². The topological polar surface area (TPSA) is 41.1 Å². The average molecular weight is 281 g/mol. The molecule has 2 aromatic carbocycles. The molecule has 21 heavy (non-hydrogen) atoms. The summed E-state index contributed by atoms with van der Waals surface area (Å²) in [6.45, 7) is 1.59. The predicted octanol–water partition coefficient (Wildman–Crippen LogP) is 3.20. The molecule has 1 N–H and O–H groups in total. The molecule has 1 heterocycles. The molecule has 3 aromatic rings. The van der Waals surface area contributed by atoms with Crippen LogP contribution in [0.3, 0.4) is 0 Å². The lowest BCUT2D eigenvalue weighted by atomic mass is 10.2. The van der Waals surface area contributed by atoms with E-state index in [1.165, 1.54) is 5.56 Å². The second-order valence-electron chi connectivity index (χ2n) is 5.18. The third-order valence-electron chi connectivity index (χ3n) is 3.49. The second-order valence-corrected chi connectivity index (χ2v) is 5.18. The quantitative estimate of drug-likeness (QED) is 0.781. The molecule has 0 radical (unpaired) electrons. The van der Waals surface area contributed by atoms with Crippen LogP contribution in [0.25, 0.3) is 11.0 Å². The number of aromatic amines is 1. The number of nitrogens with zero attached hydrogens (tertiary/aromatic N) is 2. The first kappa shape index (κ1) is 13.6. The number of aromatic nitrogens is 2. The highest BCUT2D eigenvalue weighted by molar-refractivity contribution is 5.74. The number of hydrogen-bond acceptors (Lipinski definition) is 3. The molecule has 0 atom stereocenters. The summed E-state index contributed by atoms with van der Waals surface area (Å²) in [4.78, 5) is 10.2. The molecule has 0 saturated heterocycles. The van der Waals surface area contributed by atoms with Crippen molar-refractivity contribution < 1.29 is 4.74 Å². The zero-order valence-electron chi connectivity index (χ0n) is 12.3. The van der Waals surface area contributed by atoms with Gasteiger partial charge in [0.1, 0.15) is 11.6 Å². The number of rotatable bonds is 5. The van der Waals surface area contributed by atoms with Gasteiger partial charge in [-0.2, -0.15) is 0 Å². The van der Waals surface area contributed by atoms with Crippen molar-refractivity contribution in [2.45, 2.75) is 13.1 Å². The number of nitrogens with one attached hydrogen (secondary N) is 1. The number of H-pyrrole nitrogens is 1. The van der Waals surface area contributed by atoms with Crippen molar-refractivity contribution in [3.63, 3.8) is 0 Å². The van der Waals surface area contributed by atoms with Crippen molar-refractivity contribution in [3.05, 3.63) is 59.9 Å². The van der Waals surface area contributed by atoms with Crippen LogP contribution in [-0.2, 0) is 13.1 Å². The lowest BCUT2D eigenvalue weighted by Gasteiger charge is -2.17. The number of benzene rings is 2. The Bertz CT molecular complexity index is 702. The largest absolute Gasteiger partial charge is 0.496 e. The summed E-state index contributed by atoms with van der Waals surface area (Å²) in [6.07, 6.45) is 0. The van der Waals surface area contributed by atoms with E-state index in [-0.39, 0.29) is 0 Å². The molecule has 0 aliphatic rings. The van der Waals surface area contributed by atoms with Crippen LogP contribution in [0, 0.1) is 0 Å². The Kier molecular flexibility index (Phi) is 3.88. The van der Waals surface area contributed by atoms with E-state index in [9.17, 15) is 0 Å². The summed E-state index contributed by atoms with van der Waals surface area (Å²) in [5, 5.41) is 0. The van der Waals surface area contributed by atoms with E-state index in [4.69, 9.17) is 4.74 Å². The van der Waals surface area contributed by atoms with Gasteiger partial charge in [0.25, 0.3) is 0 Å². The minimum Gasteiger partial charge on any atom is -0.496 e. The van der Waals surface area contributed by atoms with Gasteiger partial charge >= 0.3 is 0 Å². The number of hydrogen-bond donors (Lipinski definition) is 1. The van der Waals surface area contributed by atoms with Gasteiger partial charge in [-0.15, -0.1) is 0 Å². The molecular formula is C17H19N3O. The SMILES string of the molecule is COc1ccccc1CN(C)Cc1nc2ccccc2[nH]1. The number of methoxy groups -OCH3 is 1. The molecule has 108 valence electrons. The van der Waals surface area contributed by atoms with Gasteiger partial charge in [0.2, 0.25) is 0 Å². The van der Waals surface area contributed by atoms with Crippen molar-refractivity contribution in [2.24, 2.45) is 0 Å². The molecule has 0 aliphatic heterocycles. The molecular weight excluding hydrogens is 262 g/mol. The number of para-hydroxylation sites is 3. The van der Waals surface area contributed by atoms with Crippen molar-refractivity contribution in [1.82, 2.24) is 14.9 Å². The lowest BCUT2D eigenvalue weighted by Crippen LogP contribution is -2.18. The maximum absolute atomic E-state index is 5.39. The Hall–Kier alpha value is -2.33. The first-order valence-electron chi connectivity index (χ1n) is 7.00. The molecule has 4 nitrogen and oxygen atoms in total. The fourth-order valence-corrected chi connectivity index (χ4v) is 2.52. The van der Waals surface area contributed by atoms with E-state index in [1.54, 1.807) is 7.11 Å². The molecule has 4 heteroatoms. The Morgan fingerprint density at radius 3 is 2.62 bits per heavy atom. The van der Waals surface area contributed by atoms with Gasteiger partial charge in [-0.3, -0.25) is 4.90 Å². The average Bonchev–Trinajstić information content (AvgIpc) is 2.89. The number of fused-ring (bicyclic) bond motifs is 1. The fourth-order valence-electron chi connectivity index (χ4n) is 2.52. The van der Waals surface area contributed by atoms with Crippen molar-refractivity contribution in [2.75, 3.05) is 14.2 Å². The third kappa shape index (κ3) is 3.06. The molecule has 0 fully saturated rings. The van der Waals surface area contributed by atoms with E-state index in [0.717, 1.165) is 35.7 Å². The van der Waals surface area contributed by atoms with Crippen molar-refractivity contribution in [1.29, 1.82) is 0 Å². The van der Waals surface area contributed by atoms with E-state index in [1.807, 2.05) is 42.5 Å². The summed E-state index contributed by atoms with van der Waals surface area (Å²) < 4.78 is 5.39.